The maximum Gasteiger partial charge on any atom is 0.287 e. The van der Waals surface area contributed by atoms with Gasteiger partial charge in [-0.05, 0) is 20.3 Å². The van der Waals surface area contributed by atoms with Crippen molar-refractivity contribution in [3.05, 3.63) is 28.1 Å². The molecule has 0 saturated carbocycles. The molecule has 1 saturated heterocycles. The van der Waals surface area contributed by atoms with E-state index in [1.54, 1.807) is 11.5 Å². The van der Waals surface area contributed by atoms with Crippen LogP contribution in [0.4, 0.5) is 5.69 Å². The van der Waals surface area contributed by atoms with Crippen molar-refractivity contribution in [2.75, 3.05) is 13.1 Å². The summed E-state index contributed by atoms with van der Waals surface area (Å²) in [4.78, 5) is 24.1. The van der Waals surface area contributed by atoms with Crippen LogP contribution < -0.4 is 0 Å². The third kappa shape index (κ3) is 2.60. The van der Waals surface area contributed by atoms with Crippen LogP contribution in [0.3, 0.4) is 0 Å². The second-order valence-electron chi connectivity index (χ2n) is 5.10. The molecule has 0 spiro atoms. The van der Waals surface area contributed by atoms with Gasteiger partial charge in [0.1, 0.15) is 5.69 Å². The van der Waals surface area contributed by atoms with Gasteiger partial charge >= 0.3 is 0 Å². The predicted molar refractivity (Wildman–Crippen MR) is 67.9 cm³/mol. The van der Waals surface area contributed by atoms with E-state index in [4.69, 9.17) is 0 Å². The smallest absolute Gasteiger partial charge is 0.287 e. The number of β-amino-alcohol motifs (C(OH)–C–C–N with tert-alkyl or cyclic N) is 1. The summed E-state index contributed by atoms with van der Waals surface area (Å²) in [6, 6.07) is 1.29. The van der Waals surface area contributed by atoms with Crippen molar-refractivity contribution in [3.63, 3.8) is 0 Å². The van der Waals surface area contributed by atoms with Gasteiger partial charge in [0.05, 0.1) is 16.7 Å². The molecule has 1 aromatic rings. The Morgan fingerprint density at radius 3 is 2.79 bits per heavy atom. The van der Waals surface area contributed by atoms with Gasteiger partial charge < -0.3 is 14.6 Å². The molecule has 1 aliphatic heterocycles. The minimum absolute atomic E-state index is 0.0869. The Labute approximate surface area is 110 Å². The van der Waals surface area contributed by atoms with Crippen LogP contribution in [0.15, 0.2) is 12.3 Å². The summed E-state index contributed by atoms with van der Waals surface area (Å²) in [6.07, 6.45) is 1.88. The van der Waals surface area contributed by atoms with Crippen LogP contribution in [-0.4, -0.2) is 44.1 Å². The van der Waals surface area contributed by atoms with Crippen LogP contribution in [-0.2, 0) is 6.54 Å². The Morgan fingerprint density at radius 2 is 2.32 bits per heavy atom. The van der Waals surface area contributed by atoms with E-state index in [0.29, 0.717) is 25.2 Å². The zero-order valence-electron chi connectivity index (χ0n) is 11.0. The van der Waals surface area contributed by atoms with Gasteiger partial charge in [-0.2, -0.15) is 0 Å². The van der Waals surface area contributed by atoms with Crippen molar-refractivity contribution >= 4 is 11.6 Å². The summed E-state index contributed by atoms with van der Waals surface area (Å²) in [5.74, 6) is -0.271. The zero-order chi connectivity index (χ0) is 14.2. The molecule has 19 heavy (non-hydrogen) atoms. The highest BCUT2D eigenvalue weighted by Crippen LogP contribution is 2.24. The first-order valence-corrected chi connectivity index (χ1v) is 6.20. The number of likely N-dealkylation sites (tertiary alicyclic amines) is 1. The number of nitrogens with zero attached hydrogens (tertiary/aromatic N) is 3. The number of amides is 1. The van der Waals surface area contributed by atoms with E-state index in [-0.39, 0.29) is 18.1 Å². The number of aryl methyl sites for hydroxylation is 1. The Bertz CT molecular complexity index is 521. The van der Waals surface area contributed by atoms with Gasteiger partial charge in [0.15, 0.2) is 0 Å². The van der Waals surface area contributed by atoms with Crippen LogP contribution in [0.1, 0.15) is 30.8 Å². The standard InChI is InChI=1S/C12H17N3O4/c1-3-13-7-9(15(18)19)6-10(13)11(16)14-5-4-12(2,17)8-14/h6-7,17H,3-5,8H2,1-2H3. The second-order valence-corrected chi connectivity index (χ2v) is 5.10. The lowest BCUT2D eigenvalue weighted by Crippen LogP contribution is -2.34. The van der Waals surface area contributed by atoms with Crippen molar-refractivity contribution in [1.82, 2.24) is 9.47 Å². The SMILES string of the molecule is CCn1cc([N+](=O)[O-])cc1C(=O)N1CCC(C)(O)C1. The van der Waals surface area contributed by atoms with E-state index < -0.39 is 10.5 Å². The fraction of sp³-hybridized carbons (Fsp3) is 0.583. The normalized spacial score (nSPS) is 22.8. The largest absolute Gasteiger partial charge is 0.388 e. The van der Waals surface area contributed by atoms with E-state index >= 15 is 0 Å². The maximum absolute atomic E-state index is 12.3. The highest BCUT2D eigenvalue weighted by atomic mass is 16.6. The average Bonchev–Trinajstić information content (AvgIpc) is 2.91. The molecule has 104 valence electrons. The van der Waals surface area contributed by atoms with Crippen molar-refractivity contribution in [3.8, 4) is 0 Å². The first kappa shape index (κ1) is 13.5. The molecule has 0 radical (unpaired) electrons. The van der Waals surface area contributed by atoms with Crippen LogP contribution >= 0.6 is 0 Å². The predicted octanol–water partition coefficient (Wildman–Crippen LogP) is 1.01. The molecule has 1 atom stereocenters. The molecular formula is C12H17N3O4. The summed E-state index contributed by atoms with van der Waals surface area (Å²) in [5.41, 5.74) is -0.659. The average molecular weight is 267 g/mol. The minimum atomic E-state index is -0.870. The fourth-order valence-electron chi connectivity index (χ4n) is 2.32. The second kappa shape index (κ2) is 4.65. The van der Waals surface area contributed by atoms with Crippen molar-refractivity contribution in [1.29, 1.82) is 0 Å². The number of aromatic nitrogens is 1. The molecule has 2 rings (SSSR count). The molecule has 0 bridgehead atoms. The number of aliphatic hydroxyl groups is 1. The monoisotopic (exact) mass is 267 g/mol. The van der Waals surface area contributed by atoms with E-state index in [2.05, 4.69) is 0 Å². The third-order valence-corrected chi connectivity index (χ3v) is 3.39. The molecular weight excluding hydrogens is 250 g/mol. The fourth-order valence-corrected chi connectivity index (χ4v) is 2.32. The molecule has 0 aliphatic carbocycles. The number of nitro groups is 1. The Kier molecular flexibility index (Phi) is 3.32. The highest BCUT2D eigenvalue weighted by molar-refractivity contribution is 5.93. The number of rotatable bonds is 3. The zero-order valence-corrected chi connectivity index (χ0v) is 11.0. The van der Waals surface area contributed by atoms with Gasteiger partial charge in [0.25, 0.3) is 11.6 Å². The quantitative estimate of drug-likeness (QED) is 0.654. The molecule has 7 nitrogen and oxygen atoms in total. The van der Waals surface area contributed by atoms with Gasteiger partial charge in [-0.1, -0.05) is 0 Å². The molecule has 1 unspecified atom stereocenters. The molecule has 2 heterocycles. The van der Waals surface area contributed by atoms with Gasteiger partial charge in [-0.15, -0.1) is 0 Å². The van der Waals surface area contributed by atoms with Crippen molar-refractivity contribution in [2.24, 2.45) is 0 Å². The van der Waals surface area contributed by atoms with E-state index in [1.165, 1.54) is 17.2 Å². The van der Waals surface area contributed by atoms with E-state index in [1.807, 2.05) is 6.92 Å². The number of carbonyl (C=O) groups is 1. The Morgan fingerprint density at radius 1 is 1.63 bits per heavy atom. The Hall–Kier alpha value is -1.89. The molecule has 0 aromatic carbocycles. The lowest BCUT2D eigenvalue weighted by atomic mass is 10.1. The Balaban J connectivity index is 2.26. The maximum atomic E-state index is 12.3. The highest BCUT2D eigenvalue weighted by Gasteiger charge is 2.35. The van der Waals surface area contributed by atoms with Crippen molar-refractivity contribution < 1.29 is 14.8 Å². The van der Waals surface area contributed by atoms with Crippen LogP contribution in [0.25, 0.3) is 0 Å². The van der Waals surface area contributed by atoms with E-state index in [0.717, 1.165) is 0 Å². The summed E-state index contributed by atoms with van der Waals surface area (Å²) >= 11 is 0. The van der Waals surface area contributed by atoms with Crippen LogP contribution in [0.2, 0.25) is 0 Å². The number of hydrogen-bond donors (Lipinski definition) is 1. The third-order valence-electron chi connectivity index (χ3n) is 3.39. The lowest BCUT2D eigenvalue weighted by Gasteiger charge is -2.19. The van der Waals surface area contributed by atoms with Gasteiger partial charge in [-0.25, -0.2) is 0 Å². The van der Waals surface area contributed by atoms with Gasteiger partial charge in [-0.3, -0.25) is 14.9 Å². The number of carbonyl (C=O) groups excluding carboxylic acids is 1. The molecule has 1 fully saturated rings. The lowest BCUT2D eigenvalue weighted by molar-refractivity contribution is -0.384. The van der Waals surface area contributed by atoms with Crippen molar-refractivity contribution in [2.45, 2.75) is 32.4 Å². The molecule has 1 N–H and O–H groups in total. The minimum Gasteiger partial charge on any atom is -0.388 e. The van der Waals surface area contributed by atoms with Crippen LogP contribution in [0, 0.1) is 10.1 Å². The molecule has 1 aromatic heterocycles. The summed E-state index contributed by atoms with van der Waals surface area (Å²) in [6.45, 7) is 4.71. The molecule has 7 heteroatoms. The van der Waals surface area contributed by atoms with Gasteiger partial charge in [0, 0.05) is 25.7 Å². The number of hydrogen-bond acceptors (Lipinski definition) is 4. The molecule has 1 aliphatic rings. The topological polar surface area (TPSA) is 88.6 Å². The van der Waals surface area contributed by atoms with E-state index in [9.17, 15) is 20.0 Å². The summed E-state index contributed by atoms with van der Waals surface area (Å²) in [7, 11) is 0. The van der Waals surface area contributed by atoms with Crippen LogP contribution in [0.5, 0.6) is 0 Å². The summed E-state index contributed by atoms with van der Waals surface area (Å²) < 4.78 is 1.56. The summed E-state index contributed by atoms with van der Waals surface area (Å²) in [5, 5.41) is 20.6. The molecule has 1 amide bonds. The first-order valence-electron chi connectivity index (χ1n) is 6.20. The first-order chi connectivity index (χ1) is 8.84. The van der Waals surface area contributed by atoms with Gasteiger partial charge in [0.2, 0.25) is 0 Å².